The first-order chi connectivity index (χ1) is 10.1. The maximum atomic E-state index is 12.3. The molecule has 0 bridgehead atoms. The van der Waals surface area contributed by atoms with Crippen LogP contribution >= 0.6 is 11.8 Å². The number of piperidine rings is 1. The summed E-state index contributed by atoms with van der Waals surface area (Å²) in [5.41, 5.74) is 6.67. The zero-order valence-corrected chi connectivity index (χ0v) is 13.6. The molecule has 1 saturated heterocycles. The molecule has 2 N–H and O–H groups in total. The van der Waals surface area contributed by atoms with Gasteiger partial charge in [-0.2, -0.15) is 0 Å². The number of amides is 1. The minimum atomic E-state index is 0.202. The zero-order valence-electron chi connectivity index (χ0n) is 12.8. The number of hydrogen-bond donors (Lipinski definition) is 1. The molecule has 116 valence electrons. The summed E-state index contributed by atoms with van der Waals surface area (Å²) in [7, 11) is 0. The predicted octanol–water partition coefficient (Wildman–Crippen LogP) is 3.16. The van der Waals surface area contributed by atoms with Crippen LogP contribution in [0, 0.1) is 0 Å². The fourth-order valence-electron chi connectivity index (χ4n) is 2.59. The van der Waals surface area contributed by atoms with Crippen LogP contribution in [0.2, 0.25) is 0 Å². The summed E-state index contributed by atoms with van der Waals surface area (Å²) in [6.45, 7) is 5.59. The van der Waals surface area contributed by atoms with Gasteiger partial charge in [0.1, 0.15) is 5.75 Å². The fraction of sp³-hybridized carbons (Fsp3) is 0.562. The minimum absolute atomic E-state index is 0.202. The first-order valence-electron chi connectivity index (χ1n) is 7.56. The molecule has 1 aliphatic heterocycles. The van der Waals surface area contributed by atoms with Gasteiger partial charge in [-0.15, -0.1) is 11.8 Å². The standard InChI is InChI=1S/C16H24N2O2S/c1-3-20-13-7-8-14(17)15(10-13)21-11-16(19)18-9-5-4-6-12(18)2/h7-8,10,12H,3-6,9,11,17H2,1-2H3. The first-order valence-corrected chi connectivity index (χ1v) is 8.55. The maximum absolute atomic E-state index is 12.3. The molecule has 0 saturated carbocycles. The lowest BCUT2D eigenvalue weighted by Gasteiger charge is -2.33. The number of anilines is 1. The van der Waals surface area contributed by atoms with Gasteiger partial charge >= 0.3 is 0 Å². The number of likely N-dealkylation sites (tertiary alicyclic amines) is 1. The second-order valence-corrected chi connectivity index (χ2v) is 6.37. The normalized spacial score (nSPS) is 18.6. The number of nitrogen functional groups attached to an aromatic ring is 1. The number of rotatable bonds is 5. The Morgan fingerprint density at radius 1 is 1.48 bits per heavy atom. The molecule has 2 rings (SSSR count). The average molecular weight is 308 g/mol. The van der Waals surface area contributed by atoms with Crippen molar-refractivity contribution in [2.45, 2.75) is 44.0 Å². The topological polar surface area (TPSA) is 55.6 Å². The summed E-state index contributed by atoms with van der Waals surface area (Å²) in [6, 6.07) is 5.97. The highest BCUT2D eigenvalue weighted by atomic mass is 32.2. The van der Waals surface area contributed by atoms with Crippen LogP contribution in [-0.2, 0) is 4.79 Å². The monoisotopic (exact) mass is 308 g/mol. The van der Waals surface area contributed by atoms with Gasteiger partial charge < -0.3 is 15.4 Å². The number of carbonyl (C=O) groups is 1. The van der Waals surface area contributed by atoms with E-state index in [9.17, 15) is 4.79 Å². The molecule has 5 heteroatoms. The molecule has 21 heavy (non-hydrogen) atoms. The number of ether oxygens (including phenoxy) is 1. The Morgan fingerprint density at radius 2 is 2.29 bits per heavy atom. The van der Waals surface area contributed by atoms with Crippen molar-refractivity contribution in [3.63, 3.8) is 0 Å². The predicted molar refractivity (Wildman–Crippen MR) is 87.8 cm³/mol. The van der Waals surface area contributed by atoms with Gasteiger partial charge in [0.15, 0.2) is 0 Å². The van der Waals surface area contributed by atoms with Crippen LogP contribution in [0.3, 0.4) is 0 Å². The maximum Gasteiger partial charge on any atom is 0.233 e. The van der Waals surface area contributed by atoms with Gasteiger partial charge in [0.25, 0.3) is 0 Å². The third kappa shape index (κ3) is 4.30. The molecule has 1 unspecified atom stereocenters. The van der Waals surface area contributed by atoms with Crippen LogP contribution in [0.25, 0.3) is 0 Å². The number of thioether (sulfide) groups is 1. The van der Waals surface area contributed by atoms with Gasteiger partial charge in [-0.3, -0.25) is 4.79 Å². The van der Waals surface area contributed by atoms with E-state index in [0.29, 0.717) is 24.1 Å². The summed E-state index contributed by atoms with van der Waals surface area (Å²) in [6.07, 6.45) is 3.45. The quantitative estimate of drug-likeness (QED) is 0.670. The van der Waals surface area contributed by atoms with E-state index in [1.54, 1.807) is 0 Å². The molecule has 1 aliphatic rings. The molecule has 1 atom stereocenters. The van der Waals surface area contributed by atoms with Crippen molar-refractivity contribution in [3.8, 4) is 5.75 Å². The van der Waals surface area contributed by atoms with Gasteiger partial charge in [0.05, 0.1) is 12.4 Å². The Hall–Kier alpha value is -1.36. The van der Waals surface area contributed by atoms with Crippen LogP contribution < -0.4 is 10.5 Å². The molecule has 4 nitrogen and oxygen atoms in total. The van der Waals surface area contributed by atoms with Crippen molar-refractivity contribution in [1.29, 1.82) is 0 Å². The van der Waals surface area contributed by atoms with E-state index in [1.165, 1.54) is 18.2 Å². The van der Waals surface area contributed by atoms with Gasteiger partial charge in [-0.05, 0) is 51.3 Å². The van der Waals surface area contributed by atoms with Crippen molar-refractivity contribution >= 4 is 23.4 Å². The highest BCUT2D eigenvalue weighted by Crippen LogP contribution is 2.30. The number of nitrogens with zero attached hydrogens (tertiary/aromatic N) is 1. The minimum Gasteiger partial charge on any atom is -0.494 e. The molecule has 0 radical (unpaired) electrons. The van der Waals surface area contributed by atoms with Crippen LogP contribution in [0.4, 0.5) is 5.69 Å². The lowest BCUT2D eigenvalue weighted by atomic mass is 10.0. The summed E-state index contributed by atoms with van der Waals surface area (Å²) in [4.78, 5) is 15.3. The van der Waals surface area contributed by atoms with E-state index in [0.717, 1.165) is 30.0 Å². The van der Waals surface area contributed by atoms with E-state index in [2.05, 4.69) is 6.92 Å². The van der Waals surface area contributed by atoms with Gasteiger partial charge in [0.2, 0.25) is 5.91 Å². The Balaban J connectivity index is 1.95. The lowest BCUT2D eigenvalue weighted by molar-refractivity contribution is -0.131. The number of hydrogen-bond acceptors (Lipinski definition) is 4. The molecule has 1 amide bonds. The van der Waals surface area contributed by atoms with E-state index in [1.807, 2.05) is 30.0 Å². The van der Waals surface area contributed by atoms with Crippen LogP contribution in [0.1, 0.15) is 33.1 Å². The Labute approximate surface area is 131 Å². The van der Waals surface area contributed by atoms with Crippen LogP contribution in [0.5, 0.6) is 5.75 Å². The van der Waals surface area contributed by atoms with Gasteiger partial charge in [-0.25, -0.2) is 0 Å². The molecule has 0 aliphatic carbocycles. The zero-order chi connectivity index (χ0) is 15.2. The van der Waals surface area contributed by atoms with E-state index in [4.69, 9.17) is 10.5 Å². The van der Waals surface area contributed by atoms with Crippen molar-refractivity contribution in [1.82, 2.24) is 4.90 Å². The van der Waals surface area contributed by atoms with E-state index in [-0.39, 0.29) is 5.91 Å². The van der Waals surface area contributed by atoms with E-state index < -0.39 is 0 Å². The third-order valence-corrected chi connectivity index (χ3v) is 4.83. The number of nitrogens with two attached hydrogens (primary N) is 1. The molecule has 0 aromatic heterocycles. The van der Waals surface area contributed by atoms with Crippen molar-refractivity contribution < 1.29 is 9.53 Å². The summed E-state index contributed by atoms with van der Waals surface area (Å²) >= 11 is 1.49. The molecule has 1 aromatic rings. The van der Waals surface area contributed by atoms with E-state index >= 15 is 0 Å². The first kappa shape index (κ1) is 16.0. The van der Waals surface area contributed by atoms with Gasteiger partial charge in [0, 0.05) is 23.2 Å². The second-order valence-electron chi connectivity index (χ2n) is 5.35. The Morgan fingerprint density at radius 3 is 3.00 bits per heavy atom. The number of benzene rings is 1. The lowest BCUT2D eigenvalue weighted by Crippen LogP contribution is -2.42. The number of carbonyl (C=O) groups excluding carboxylic acids is 1. The van der Waals surface area contributed by atoms with Gasteiger partial charge in [-0.1, -0.05) is 0 Å². The molecule has 1 aromatic carbocycles. The summed E-state index contributed by atoms with van der Waals surface area (Å²) < 4.78 is 5.48. The van der Waals surface area contributed by atoms with Crippen molar-refractivity contribution in [2.24, 2.45) is 0 Å². The van der Waals surface area contributed by atoms with Crippen molar-refractivity contribution in [3.05, 3.63) is 18.2 Å². The molecule has 1 fully saturated rings. The van der Waals surface area contributed by atoms with Crippen LogP contribution in [0.15, 0.2) is 23.1 Å². The summed E-state index contributed by atoms with van der Waals surface area (Å²) in [5, 5.41) is 0. The highest BCUT2D eigenvalue weighted by molar-refractivity contribution is 8.00. The van der Waals surface area contributed by atoms with Crippen LogP contribution in [-0.4, -0.2) is 35.8 Å². The average Bonchev–Trinajstić information content (AvgIpc) is 2.48. The molecule has 0 spiro atoms. The third-order valence-electron chi connectivity index (χ3n) is 3.77. The summed E-state index contributed by atoms with van der Waals surface area (Å²) in [5.74, 6) is 1.44. The Kier molecular flexibility index (Phi) is 5.79. The Bertz CT molecular complexity index is 493. The second kappa shape index (κ2) is 7.59. The molecular formula is C16H24N2O2S. The SMILES string of the molecule is CCOc1ccc(N)c(SCC(=O)N2CCCCC2C)c1. The molecular weight excluding hydrogens is 284 g/mol. The smallest absolute Gasteiger partial charge is 0.233 e. The molecule has 1 heterocycles. The fourth-order valence-corrected chi connectivity index (χ4v) is 3.47. The van der Waals surface area contributed by atoms with Crippen molar-refractivity contribution in [2.75, 3.05) is 24.6 Å². The largest absolute Gasteiger partial charge is 0.494 e. The highest BCUT2D eigenvalue weighted by Gasteiger charge is 2.23.